The van der Waals surface area contributed by atoms with Gasteiger partial charge in [-0.25, -0.2) is 10.4 Å². The molecule has 1 heterocycles. The summed E-state index contributed by atoms with van der Waals surface area (Å²) in [6, 6.07) is 15.5. The summed E-state index contributed by atoms with van der Waals surface area (Å²) in [4.78, 5) is 16.7. The first-order valence-corrected chi connectivity index (χ1v) is 9.83. The number of amides is 1. The Morgan fingerprint density at radius 1 is 1.22 bits per heavy atom. The summed E-state index contributed by atoms with van der Waals surface area (Å²) >= 11 is 1.40. The van der Waals surface area contributed by atoms with Crippen LogP contribution in [-0.4, -0.2) is 34.0 Å². The topological polar surface area (TPSA) is 68.5 Å². The Morgan fingerprint density at radius 3 is 2.81 bits per heavy atom. The molecule has 0 unspecified atom stereocenters. The zero-order valence-corrected chi connectivity index (χ0v) is 16.2. The smallest absolute Gasteiger partial charge is 0.250 e. The van der Waals surface area contributed by atoms with E-state index in [9.17, 15) is 4.79 Å². The van der Waals surface area contributed by atoms with E-state index < -0.39 is 0 Å². The second kappa shape index (κ2) is 9.23. The molecular formula is C20H22N4O2S. The number of imidazole rings is 1. The van der Waals surface area contributed by atoms with Crippen molar-refractivity contribution in [3.05, 3.63) is 54.1 Å². The molecule has 2 aromatic carbocycles. The van der Waals surface area contributed by atoms with Crippen LogP contribution >= 0.6 is 11.8 Å². The van der Waals surface area contributed by atoms with Crippen molar-refractivity contribution in [1.29, 1.82) is 0 Å². The first kappa shape index (κ1) is 19.0. The number of aryl methyl sites for hydroxylation is 1. The van der Waals surface area contributed by atoms with Crippen LogP contribution in [0.5, 0.6) is 5.75 Å². The highest BCUT2D eigenvalue weighted by atomic mass is 32.2. The Labute approximate surface area is 162 Å². The number of ether oxygens (including phenoxy) is 1. The summed E-state index contributed by atoms with van der Waals surface area (Å²) in [5.41, 5.74) is 5.39. The average Bonchev–Trinajstić information content (AvgIpc) is 3.05. The zero-order valence-electron chi connectivity index (χ0n) is 15.4. The highest BCUT2D eigenvalue weighted by Crippen LogP contribution is 2.23. The van der Waals surface area contributed by atoms with Crippen LogP contribution in [0.25, 0.3) is 11.0 Å². The zero-order chi connectivity index (χ0) is 19.1. The standard InChI is InChI=1S/C20H22N4O2S/c1-3-24-17-11-7-6-10-16(17)22-20(24)27-14-19(25)23-21-13-15-9-5-8-12-18(15)26-4-2/h5-13H,3-4,14H2,1-2H3,(H,23,25)/b21-13+. The third kappa shape index (κ3) is 4.68. The molecule has 0 aliphatic heterocycles. The van der Waals surface area contributed by atoms with Crippen molar-refractivity contribution in [2.24, 2.45) is 5.10 Å². The molecule has 3 rings (SSSR count). The van der Waals surface area contributed by atoms with Crippen molar-refractivity contribution in [2.75, 3.05) is 12.4 Å². The summed E-state index contributed by atoms with van der Waals surface area (Å²) in [5, 5.41) is 4.87. The molecule has 0 saturated carbocycles. The molecular weight excluding hydrogens is 360 g/mol. The van der Waals surface area contributed by atoms with Gasteiger partial charge in [0.2, 0.25) is 0 Å². The second-order valence-electron chi connectivity index (χ2n) is 5.68. The number of carbonyl (C=O) groups excluding carboxylic acids is 1. The van der Waals surface area contributed by atoms with Crippen LogP contribution in [0.1, 0.15) is 19.4 Å². The molecule has 0 aliphatic carbocycles. The Hall–Kier alpha value is -2.80. The average molecular weight is 382 g/mol. The lowest BCUT2D eigenvalue weighted by molar-refractivity contribution is -0.118. The molecule has 0 aliphatic rings. The number of nitrogens with one attached hydrogen (secondary N) is 1. The number of rotatable bonds is 8. The molecule has 1 N–H and O–H groups in total. The van der Waals surface area contributed by atoms with Crippen LogP contribution < -0.4 is 10.2 Å². The summed E-state index contributed by atoms with van der Waals surface area (Å²) in [6.07, 6.45) is 1.59. The minimum absolute atomic E-state index is 0.181. The Morgan fingerprint density at radius 2 is 2.00 bits per heavy atom. The molecule has 1 aromatic heterocycles. The van der Waals surface area contributed by atoms with Gasteiger partial charge in [0.1, 0.15) is 5.75 Å². The minimum Gasteiger partial charge on any atom is -0.493 e. The van der Waals surface area contributed by atoms with Crippen LogP contribution in [0.2, 0.25) is 0 Å². The first-order chi connectivity index (χ1) is 13.2. The van der Waals surface area contributed by atoms with Crippen LogP contribution in [0.15, 0.2) is 58.8 Å². The predicted molar refractivity (Wildman–Crippen MR) is 109 cm³/mol. The normalized spacial score (nSPS) is 11.2. The monoisotopic (exact) mass is 382 g/mol. The number of hydrogen-bond acceptors (Lipinski definition) is 5. The van der Waals surface area contributed by atoms with E-state index >= 15 is 0 Å². The Balaban J connectivity index is 1.59. The van der Waals surface area contributed by atoms with E-state index in [1.54, 1.807) is 6.21 Å². The number of benzene rings is 2. The molecule has 0 bridgehead atoms. The van der Waals surface area contributed by atoms with Crippen molar-refractivity contribution < 1.29 is 9.53 Å². The lowest BCUT2D eigenvalue weighted by Gasteiger charge is -2.06. The van der Waals surface area contributed by atoms with E-state index in [1.165, 1.54) is 11.8 Å². The van der Waals surface area contributed by atoms with Crippen molar-refractivity contribution in [1.82, 2.24) is 15.0 Å². The molecule has 1 amide bonds. The fourth-order valence-electron chi connectivity index (χ4n) is 2.68. The van der Waals surface area contributed by atoms with E-state index in [0.29, 0.717) is 6.61 Å². The van der Waals surface area contributed by atoms with Gasteiger partial charge in [0, 0.05) is 12.1 Å². The molecule has 27 heavy (non-hydrogen) atoms. The predicted octanol–water partition coefficient (Wildman–Crippen LogP) is 3.70. The first-order valence-electron chi connectivity index (χ1n) is 8.84. The number of thioether (sulfide) groups is 1. The number of hydrazone groups is 1. The summed E-state index contributed by atoms with van der Waals surface area (Å²) in [5.74, 6) is 0.803. The van der Waals surface area contributed by atoms with Crippen LogP contribution in [0.3, 0.4) is 0 Å². The van der Waals surface area contributed by atoms with E-state index in [0.717, 1.165) is 34.0 Å². The van der Waals surface area contributed by atoms with Gasteiger partial charge in [0.15, 0.2) is 5.16 Å². The van der Waals surface area contributed by atoms with Crippen LogP contribution in [0, 0.1) is 0 Å². The highest BCUT2D eigenvalue weighted by Gasteiger charge is 2.11. The molecule has 0 saturated heterocycles. The van der Waals surface area contributed by atoms with Crippen molar-refractivity contribution in [3.63, 3.8) is 0 Å². The molecule has 0 atom stereocenters. The fourth-order valence-corrected chi connectivity index (χ4v) is 3.55. The number of nitrogens with zero attached hydrogens (tertiary/aromatic N) is 3. The summed E-state index contributed by atoms with van der Waals surface area (Å²) in [6.45, 7) is 5.37. The maximum absolute atomic E-state index is 12.1. The van der Waals surface area contributed by atoms with Gasteiger partial charge in [0.25, 0.3) is 5.91 Å². The maximum atomic E-state index is 12.1. The number of fused-ring (bicyclic) bond motifs is 1. The Bertz CT molecular complexity index is 952. The van der Waals surface area contributed by atoms with Crippen molar-refractivity contribution >= 4 is 34.9 Å². The SMILES string of the molecule is CCOc1ccccc1/C=N/NC(=O)CSc1nc2ccccc2n1CC. The van der Waals surface area contributed by atoms with E-state index in [4.69, 9.17) is 4.74 Å². The highest BCUT2D eigenvalue weighted by molar-refractivity contribution is 7.99. The molecule has 0 radical (unpaired) electrons. The quantitative estimate of drug-likeness (QED) is 0.366. The summed E-state index contributed by atoms with van der Waals surface area (Å²) < 4.78 is 7.64. The Kier molecular flexibility index (Phi) is 6.49. The van der Waals surface area contributed by atoms with Crippen molar-refractivity contribution in [2.45, 2.75) is 25.5 Å². The van der Waals surface area contributed by atoms with Gasteiger partial charge in [0.05, 0.1) is 29.6 Å². The molecule has 0 spiro atoms. The molecule has 6 nitrogen and oxygen atoms in total. The largest absolute Gasteiger partial charge is 0.493 e. The lowest BCUT2D eigenvalue weighted by Crippen LogP contribution is -2.20. The third-order valence-corrected chi connectivity index (χ3v) is 4.86. The second-order valence-corrected chi connectivity index (χ2v) is 6.62. The van der Waals surface area contributed by atoms with E-state index in [-0.39, 0.29) is 11.7 Å². The van der Waals surface area contributed by atoms with Crippen LogP contribution in [0.4, 0.5) is 0 Å². The van der Waals surface area contributed by atoms with Gasteiger partial charge in [-0.2, -0.15) is 5.10 Å². The lowest BCUT2D eigenvalue weighted by atomic mass is 10.2. The third-order valence-electron chi connectivity index (χ3n) is 3.88. The molecule has 0 fully saturated rings. The van der Waals surface area contributed by atoms with E-state index in [2.05, 4.69) is 27.0 Å². The van der Waals surface area contributed by atoms with Gasteiger partial charge < -0.3 is 9.30 Å². The minimum atomic E-state index is -0.181. The van der Waals surface area contributed by atoms with Crippen molar-refractivity contribution in [3.8, 4) is 5.75 Å². The number of hydrogen-bond donors (Lipinski definition) is 1. The molecule has 140 valence electrons. The summed E-state index contributed by atoms with van der Waals surface area (Å²) in [7, 11) is 0. The van der Waals surface area contributed by atoms with Gasteiger partial charge in [-0.1, -0.05) is 36.0 Å². The number of carbonyl (C=O) groups is 1. The van der Waals surface area contributed by atoms with Gasteiger partial charge in [-0.05, 0) is 38.1 Å². The maximum Gasteiger partial charge on any atom is 0.250 e. The molecule has 7 heteroatoms. The van der Waals surface area contributed by atoms with E-state index in [1.807, 2.05) is 55.5 Å². The molecule has 3 aromatic rings. The number of para-hydroxylation sites is 3. The fraction of sp³-hybridized carbons (Fsp3) is 0.250. The van der Waals surface area contributed by atoms with Gasteiger partial charge >= 0.3 is 0 Å². The van der Waals surface area contributed by atoms with Crippen LogP contribution in [-0.2, 0) is 11.3 Å². The van der Waals surface area contributed by atoms with Gasteiger partial charge in [-0.3, -0.25) is 4.79 Å². The number of aromatic nitrogens is 2. The van der Waals surface area contributed by atoms with Gasteiger partial charge in [-0.15, -0.1) is 0 Å².